The Morgan fingerprint density at radius 3 is 2.50 bits per heavy atom. The average molecular weight is 215 g/mol. The van der Waals surface area contributed by atoms with Gasteiger partial charge in [0.05, 0.1) is 6.61 Å². The van der Waals surface area contributed by atoms with Gasteiger partial charge in [-0.15, -0.1) is 0 Å². The molecular weight excluding hydrogens is 199 g/mol. The van der Waals surface area contributed by atoms with Gasteiger partial charge in [0.25, 0.3) is 0 Å². The molecule has 0 aromatic heterocycles. The molecule has 0 aromatic carbocycles. The summed E-state index contributed by atoms with van der Waals surface area (Å²) < 4.78 is 40.3. The lowest BCUT2D eigenvalue weighted by atomic mass is 10.3. The normalized spacial score (nSPS) is 14.4. The molecule has 0 aliphatic rings. The Hall–Kier alpha value is -0.330. The minimum Gasteiger partial charge on any atom is -0.382 e. The molecule has 0 fully saturated rings. The van der Waals surface area contributed by atoms with Crippen LogP contribution in [0.5, 0.6) is 0 Å². The SMILES string of the molecule is CCCOCCNCC(O)C(F)(F)F. The Labute approximate surface area is 81.2 Å². The van der Waals surface area contributed by atoms with E-state index in [1.54, 1.807) is 0 Å². The predicted octanol–water partition coefficient (Wildman–Crippen LogP) is 0.926. The lowest BCUT2D eigenvalue weighted by molar-refractivity contribution is -0.201. The number of alkyl halides is 3. The molecule has 0 aliphatic carbocycles. The maximum absolute atomic E-state index is 11.8. The van der Waals surface area contributed by atoms with Crippen LogP contribution in [0.2, 0.25) is 0 Å². The molecule has 0 heterocycles. The Morgan fingerprint density at radius 1 is 1.36 bits per heavy atom. The molecule has 14 heavy (non-hydrogen) atoms. The molecule has 0 amide bonds. The molecule has 0 radical (unpaired) electrons. The minimum absolute atomic E-state index is 0.313. The number of rotatable bonds is 7. The van der Waals surface area contributed by atoms with E-state index in [4.69, 9.17) is 9.84 Å². The molecule has 86 valence electrons. The summed E-state index contributed by atoms with van der Waals surface area (Å²) in [6.07, 6.45) is -5.96. The lowest BCUT2D eigenvalue weighted by Crippen LogP contribution is -2.39. The second-order valence-corrected chi connectivity index (χ2v) is 2.87. The standard InChI is InChI=1S/C8H16F3NO2/c1-2-4-14-5-3-12-6-7(13)8(9,10)11/h7,12-13H,2-6H2,1H3. The van der Waals surface area contributed by atoms with Crippen LogP contribution in [0.3, 0.4) is 0 Å². The van der Waals surface area contributed by atoms with Crippen LogP contribution in [0.15, 0.2) is 0 Å². The lowest BCUT2D eigenvalue weighted by Gasteiger charge is -2.14. The first-order valence-corrected chi connectivity index (χ1v) is 4.51. The number of aliphatic hydroxyl groups is 1. The molecule has 1 atom stereocenters. The summed E-state index contributed by atoms with van der Waals surface area (Å²) in [4.78, 5) is 0. The molecule has 2 N–H and O–H groups in total. The summed E-state index contributed by atoms with van der Waals surface area (Å²) in [6.45, 7) is 2.73. The van der Waals surface area contributed by atoms with Crippen LogP contribution >= 0.6 is 0 Å². The van der Waals surface area contributed by atoms with Crippen molar-refractivity contribution in [2.75, 3.05) is 26.3 Å². The minimum atomic E-state index is -4.54. The van der Waals surface area contributed by atoms with Gasteiger partial charge in [0, 0.05) is 19.7 Å². The molecule has 0 aromatic rings. The Bertz CT molecular complexity index is 141. The fourth-order valence-corrected chi connectivity index (χ4v) is 0.745. The van der Waals surface area contributed by atoms with Crippen molar-refractivity contribution < 1.29 is 23.0 Å². The second-order valence-electron chi connectivity index (χ2n) is 2.87. The summed E-state index contributed by atoms with van der Waals surface area (Å²) in [5, 5.41) is 11.0. The highest BCUT2D eigenvalue weighted by molar-refractivity contribution is 4.67. The third-order valence-electron chi connectivity index (χ3n) is 1.49. The van der Waals surface area contributed by atoms with Crippen molar-refractivity contribution >= 4 is 0 Å². The highest BCUT2D eigenvalue weighted by atomic mass is 19.4. The maximum Gasteiger partial charge on any atom is 0.415 e. The maximum atomic E-state index is 11.8. The fourth-order valence-electron chi connectivity index (χ4n) is 0.745. The summed E-state index contributed by atoms with van der Waals surface area (Å²) in [7, 11) is 0. The molecule has 0 aliphatic heterocycles. The number of ether oxygens (including phenoxy) is 1. The van der Waals surface area contributed by atoms with Crippen LogP contribution in [0, 0.1) is 0 Å². The Morgan fingerprint density at radius 2 is 2.00 bits per heavy atom. The van der Waals surface area contributed by atoms with Crippen LogP contribution in [-0.2, 0) is 4.74 Å². The van der Waals surface area contributed by atoms with Gasteiger partial charge in [-0.3, -0.25) is 0 Å². The van der Waals surface area contributed by atoms with Gasteiger partial charge in [0.1, 0.15) is 0 Å². The molecule has 0 bridgehead atoms. The van der Waals surface area contributed by atoms with E-state index in [-0.39, 0.29) is 0 Å². The van der Waals surface area contributed by atoms with E-state index in [1.165, 1.54) is 0 Å². The monoisotopic (exact) mass is 215 g/mol. The van der Waals surface area contributed by atoms with Crippen molar-refractivity contribution in [2.45, 2.75) is 25.6 Å². The highest BCUT2D eigenvalue weighted by Gasteiger charge is 2.37. The number of hydrogen-bond donors (Lipinski definition) is 2. The average Bonchev–Trinajstić information content (AvgIpc) is 2.09. The van der Waals surface area contributed by atoms with E-state index in [0.717, 1.165) is 6.42 Å². The number of halogens is 3. The van der Waals surface area contributed by atoms with Gasteiger partial charge in [-0.25, -0.2) is 0 Å². The first-order valence-electron chi connectivity index (χ1n) is 4.51. The molecule has 6 heteroatoms. The predicted molar refractivity (Wildman–Crippen MR) is 46.0 cm³/mol. The van der Waals surface area contributed by atoms with Crippen molar-refractivity contribution in [1.29, 1.82) is 0 Å². The van der Waals surface area contributed by atoms with Gasteiger partial charge in [0.15, 0.2) is 6.10 Å². The molecule has 0 saturated heterocycles. The number of nitrogens with one attached hydrogen (secondary N) is 1. The van der Waals surface area contributed by atoms with Gasteiger partial charge in [-0.05, 0) is 6.42 Å². The van der Waals surface area contributed by atoms with Gasteiger partial charge in [-0.1, -0.05) is 6.92 Å². The van der Waals surface area contributed by atoms with Gasteiger partial charge in [0.2, 0.25) is 0 Å². The first-order chi connectivity index (χ1) is 6.48. The third-order valence-corrected chi connectivity index (χ3v) is 1.49. The topological polar surface area (TPSA) is 41.5 Å². The fraction of sp³-hybridized carbons (Fsp3) is 1.00. The summed E-state index contributed by atoms with van der Waals surface area (Å²) in [6, 6.07) is 0. The van der Waals surface area contributed by atoms with E-state index < -0.39 is 18.8 Å². The van der Waals surface area contributed by atoms with Gasteiger partial charge in [-0.2, -0.15) is 13.2 Å². The van der Waals surface area contributed by atoms with E-state index in [1.807, 2.05) is 6.92 Å². The van der Waals surface area contributed by atoms with Gasteiger partial charge < -0.3 is 15.2 Å². The van der Waals surface area contributed by atoms with E-state index in [2.05, 4.69) is 5.32 Å². The Balaban J connectivity index is 3.28. The number of hydrogen-bond acceptors (Lipinski definition) is 3. The third kappa shape index (κ3) is 7.11. The highest BCUT2D eigenvalue weighted by Crippen LogP contribution is 2.18. The van der Waals surface area contributed by atoms with Crippen LogP contribution < -0.4 is 5.32 Å². The quantitative estimate of drug-likeness (QED) is 0.621. The van der Waals surface area contributed by atoms with Crippen molar-refractivity contribution in [3.8, 4) is 0 Å². The summed E-state index contributed by atoms with van der Waals surface area (Å²) >= 11 is 0. The van der Waals surface area contributed by atoms with Crippen molar-refractivity contribution in [3.05, 3.63) is 0 Å². The molecular formula is C8H16F3NO2. The second kappa shape index (κ2) is 7.03. The van der Waals surface area contributed by atoms with Crippen LogP contribution in [-0.4, -0.2) is 43.7 Å². The Kier molecular flexibility index (Phi) is 6.86. The van der Waals surface area contributed by atoms with E-state index in [0.29, 0.717) is 19.8 Å². The molecule has 1 unspecified atom stereocenters. The van der Waals surface area contributed by atoms with Crippen molar-refractivity contribution in [3.63, 3.8) is 0 Å². The van der Waals surface area contributed by atoms with Crippen LogP contribution in [0.4, 0.5) is 13.2 Å². The zero-order chi connectivity index (χ0) is 11.0. The molecule has 3 nitrogen and oxygen atoms in total. The zero-order valence-corrected chi connectivity index (χ0v) is 8.10. The van der Waals surface area contributed by atoms with E-state index >= 15 is 0 Å². The first kappa shape index (κ1) is 13.7. The molecule has 0 spiro atoms. The van der Waals surface area contributed by atoms with Crippen molar-refractivity contribution in [1.82, 2.24) is 5.32 Å². The smallest absolute Gasteiger partial charge is 0.382 e. The number of aliphatic hydroxyl groups excluding tert-OH is 1. The van der Waals surface area contributed by atoms with Gasteiger partial charge >= 0.3 is 6.18 Å². The summed E-state index contributed by atoms with van der Waals surface area (Å²) in [5.74, 6) is 0. The summed E-state index contributed by atoms with van der Waals surface area (Å²) in [5.41, 5.74) is 0. The zero-order valence-electron chi connectivity index (χ0n) is 8.10. The molecule has 0 saturated carbocycles. The van der Waals surface area contributed by atoms with E-state index in [9.17, 15) is 13.2 Å². The van der Waals surface area contributed by atoms with Crippen LogP contribution in [0.25, 0.3) is 0 Å². The van der Waals surface area contributed by atoms with Crippen molar-refractivity contribution in [2.24, 2.45) is 0 Å². The molecule has 0 rings (SSSR count). The van der Waals surface area contributed by atoms with Crippen LogP contribution in [0.1, 0.15) is 13.3 Å². The largest absolute Gasteiger partial charge is 0.415 e.